The molecule has 0 saturated carbocycles. The molecule has 0 N–H and O–H groups in total. The number of rotatable bonds is 4. The van der Waals surface area contributed by atoms with Crippen molar-refractivity contribution in [2.75, 3.05) is 0 Å². The Morgan fingerprint density at radius 2 is 1.79 bits per heavy atom. The van der Waals surface area contributed by atoms with Gasteiger partial charge in [0.2, 0.25) is 0 Å². The van der Waals surface area contributed by atoms with Crippen LogP contribution in [0.3, 0.4) is 0 Å². The molecule has 0 amide bonds. The third-order valence-corrected chi connectivity index (χ3v) is 4.02. The average Bonchev–Trinajstić information content (AvgIpc) is 2.65. The lowest BCUT2D eigenvalue weighted by molar-refractivity contribution is 0.512. The Kier molecular flexibility index (Phi) is 4.65. The van der Waals surface area contributed by atoms with E-state index in [1.165, 1.54) is 0 Å². The van der Waals surface area contributed by atoms with Gasteiger partial charge in [-0.15, -0.1) is 11.6 Å². The highest BCUT2D eigenvalue weighted by Gasteiger charge is 2.16. The first kappa shape index (κ1) is 15.0. The SMILES string of the molecule is CC(C)CCn1c(C(C)Cl)nc2cc(Cl)c(Cl)cc21. The van der Waals surface area contributed by atoms with Crippen LogP contribution < -0.4 is 0 Å². The summed E-state index contributed by atoms with van der Waals surface area (Å²) in [5.41, 5.74) is 1.85. The van der Waals surface area contributed by atoms with E-state index in [2.05, 4.69) is 23.4 Å². The summed E-state index contributed by atoms with van der Waals surface area (Å²) in [7, 11) is 0. The summed E-state index contributed by atoms with van der Waals surface area (Å²) in [5, 5.41) is 0.933. The number of hydrogen-bond donors (Lipinski definition) is 0. The van der Waals surface area contributed by atoms with Crippen molar-refractivity contribution in [3.8, 4) is 0 Å². The van der Waals surface area contributed by atoms with E-state index in [4.69, 9.17) is 34.8 Å². The Labute approximate surface area is 128 Å². The summed E-state index contributed by atoms with van der Waals surface area (Å²) < 4.78 is 2.15. The summed E-state index contributed by atoms with van der Waals surface area (Å²) in [6, 6.07) is 3.67. The topological polar surface area (TPSA) is 17.8 Å². The molecule has 0 fully saturated rings. The molecule has 0 radical (unpaired) electrons. The Morgan fingerprint density at radius 3 is 2.37 bits per heavy atom. The Balaban J connectivity index is 2.55. The third kappa shape index (κ3) is 3.18. The van der Waals surface area contributed by atoms with Crippen molar-refractivity contribution < 1.29 is 0 Å². The van der Waals surface area contributed by atoms with E-state index < -0.39 is 0 Å². The Morgan fingerprint density at radius 1 is 1.16 bits per heavy atom. The van der Waals surface area contributed by atoms with Crippen LogP contribution in [0, 0.1) is 5.92 Å². The monoisotopic (exact) mass is 318 g/mol. The number of imidazole rings is 1. The molecule has 2 rings (SSSR count). The van der Waals surface area contributed by atoms with Crippen LogP contribution in [0.4, 0.5) is 0 Å². The summed E-state index contributed by atoms with van der Waals surface area (Å²) in [6.07, 6.45) is 1.07. The summed E-state index contributed by atoms with van der Waals surface area (Å²) in [6.45, 7) is 7.22. The van der Waals surface area contributed by atoms with Gasteiger partial charge in [-0.3, -0.25) is 0 Å². The number of benzene rings is 1. The average molecular weight is 320 g/mol. The number of aromatic nitrogens is 2. The number of fused-ring (bicyclic) bond motifs is 1. The van der Waals surface area contributed by atoms with Gasteiger partial charge in [-0.05, 0) is 31.4 Å². The van der Waals surface area contributed by atoms with E-state index in [0.29, 0.717) is 16.0 Å². The van der Waals surface area contributed by atoms with Crippen LogP contribution in [0.25, 0.3) is 11.0 Å². The van der Waals surface area contributed by atoms with Crippen molar-refractivity contribution in [3.05, 3.63) is 28.0 Å². The van der Waals surface area contributed by atoms with E-state index in [1.807, 2.05) is 13.0 Å². The van der Waals surface area contributed by atoms with Gasteiger partial charge in [-0.25, -0.2) is 4.98 Å². The summed E-state index contributed by atoms with van der Waals surface area (Å²) in [5.74, 6) is 1.49. The van der Waals surface area contributed by atoms with Gasteiger partial charge in [0.15, 0.2) is 0 Å². The van der Waals surface area contributed by atoms with Gasteiger partial charge in [-0.1, -0.05) is 37.0 Å². The van der Waals surface area contributed by atoms with Gasteiger partial charge in [0.05, 0.1) is 26.5 Å². The highest BCUT2D eigenvalue weighted by atomic mass is 35.5. The number of nitrogens with zero attached hydrogens (tertiary/aromatic N) is 2. The van der Waals surface area contributed by atoms with E-state index in [9.17, 15) is 0 Å². The van der Waals surface area contributed by atoms with E-state index in [-0.39, 0.29) is 5.38 Å². The van der Waals surface area contributed by atoms with Gasteiger partial charge >= 0.3 is 0 Å². The zero-order chi connectivity index (χ0) is 14.2. The Bertz CT molecular complexity index is 588. The molecule has 2 aromatic rings. The molecule has 0 aliphatic rings. The van der Waals surface area contributed by atoms with E-state index in [1.54, 1.807) is 6.07 Å². The van der Waals surface area contributed by atoms with Crippen LogP contribution in [0.5, 0.6) is 0 Å². The fourth-order valence-electron chi connectivity index (χ4n) is 2.06. The van der Waals surface area contributed by atoms with E-state index >= 15 is 0 Å². The van der Waals surface area contributed by atoms with Crippen molar-refractivity contribution in [2.24, 2.45) is 5.92 Å². The zero-order valence-electron chi connectivity index (χ0n) is 11.3. The molecule has 0 bridgehead atoms. The smallest absolute Gasteiger partial charge is 0.127 e. The zero-order valence-corrected chi connectivity index (χ0v) is 13.5. The van der Waals surface area contributed by atoms with Gasteiger partial charge < -0.3 is 4.57 Å². The molecular weight excluding hydrogens is 303 g/mol. The molecule has 1 atom stereocenters. The van der Waals surface area contributed by atoms with Crippen LogP contribution in [0.15, 0.2) is 12.1 Å². The maximum atomic E-state index is 6.23. The third-order valence-electron chi connectivity index (χ3n) is 3.11. The quantitative estimate of drug-likeness (QED) is 0.662. The molecule has 1 aromatic heterocycles. The lowest BCUT2D eigenvalue weighted by Gasteiger charge is -2.12. The standard InChI is InChI=1S/C14H17Cl3N2/c1-8(2)4-5-19-13-7-11(17)10(16)6-12(13)18-14(19)9(3)15/h6-9H,4-5H2,1-3H3. The highest BCUT2D eigenvalue weighted by molar-refractivity contribution is 6.42. The molecule has 19 heavy (non-hydrogen) atoms. The van der Waals surface area contributed by atoms with Crippen LogP contribution in [-0.2, 0) is 6.54 Å². The maximum Gasteiger partial charge on any atom is 0.127 e. The molecule has 1 heterocycles. The van der Waals surface area contributed by atoms with Crippen LogP contribution in [0.2, 0.25) is 10.0 Å². The molecule has 2 nitrogen and oxygen atoms in total. The molecule has 0 aliphatic heterocycles. The van der Waals surface area contributed by atoms with Crippen molar-refractivity contribution in [1.29, 1.82) is 0 Å². The van der Waals surface area contributed by atoms with Gasteiger partial charge in [0, 0.05) is 6.54 Å². The second-order valence-electron chi connectivity index (χ2n) is 5.18. The van der Waals surface area contributed by atoms with E-state index in [0.717, 1.165) is 29.8 Å². The lowest BCUT2D eigenvalue weighted by atomic mass is 10.1. The first-order valence-electron chi connectivity index (χ1n) is 6.39. The van der Waals surface area contributed by atoms with Crippen LogP contribution >= 0.6 is 34.8 Å². The molecule has 0 aliphatic carbocycles. The van der Waals surface area contributed by atoms with Crippen molar-refractivity contribution in [1.82, 2.24) is 9.55 Å². The van der Waals surface area contributed by atoms with Crippen molar-refractivity contribution in [2.45, 2.75) is 39.1 Å². The number of aryl methyl sites for hydroxylation is 1. The van der Waals surface area contributed by atoms with Gasteiger partial charge in [0.25, 0.3) is 0 Å². The molecule has 1 aromatic carbocycles. The Hall–Kier alpha value is -0.440. The first-order valence-corrected chi connectivity index (χ1v) is 7.58. The molecule has 0 saturated heterocycles. The normalized spacial score (nSPS) is 13.4. The molecule has 5 heteroatoms. The van der Waals surface area contributed by atoms with Crippen molar-refractivity contribution >= 4 is 45.8 Å². The minimum atomic E-state index is -0.142. The van der Waals surface area contributed by atoms with Gasteiger partial charge in [-0.2, -0.15) is 0 Å². The van der Waals surface area contributed by atoms with Crippen LogP contribution in [-0.4, -0.2) is 9.55 Å². The second kappa shape index (κ2) is 5.90. The van der Waals surface area contributed by atoms with Crippen LogP contribution in [0.1, 0.15) is 38.4 Å². The predicted molar refractivity (Wildman–Crippen MR) is 83.5 cm³/mol. The molecule has 1 unspecified atom stereocenters. The second-order valence-corrected chi connectivity index (χ2v) is 6.64. The first-order chi connectivity index (χ1) is 8.90. The largest absolute Gasteiger partial charge is 0.327 e. The van der Waals surface area contributed by atoms with Crippen molar-refractivity contribution in [3.63, 3.8) is 0 Å². The number of alkyl halides is 1. The number of hydrogen-bond acceptors (Lipinski definition) is 1. The fraction of sp³-hybridized carbons (Fsp3) is 0.500. The number of halogens is 3. The summed E-state index contributed by atoms with van der Waals surface area (Å²) >= 11 is 18.4. The summed E-state index contributed by atoms with van der Waals surface area (Å²) in [4.78, 5) is 4.58. The highest BCUT2D eigenvalue weighted by Crippen LogP contribution is 2.31. The minimum absolute atomic E-state index is 0.142. The lowest BCUT2D eigenvalue weighted by Crippen LogP contribution is -2.06. The van der Waals surface area contributed by atoms with Gasteiger partial charge in [0.1, 0.15) is 5.82 Å². The molecule has 104 valence electrons. The molecule has 0 spiro atoms. The molecular formula is C14H17Cl3N2. The fourth-order valence-corrected chi connectivity index (χ4v) is 2.55. The predicted octanol–water partition coefficient (Wildman–Crippen LogP) is 5.69. The maximum absolute atomic E-state index is 6.23. The minimum Gasteiger partial charge on any atom is -0.327 e.